The van der Waals surface area contributed by atoms with E-state index in [0.717, 1.165) is 0 Å². The Morgan fingerprint density at radius 2 is 1.74 bits per heavy atom. The summed E-state index contributed by atoms with van der Waals surface area (Å²) in [5.41, 5.74) is 0.874. The van der Waals surface area contributed by atoms with Gasteiger partial charge in [-0.2, -0.15) is 0 Å². The molecule has 2 unspecified atom stereocenters. The first-order valence-corrected chi connectivity index (χ1v) is 7.45. The number of nitrogens with zero attached hydrogens (tertiary/aromatic N) is 3. The summed E-state index contributed by atoms with van der Waals surface area (Å²) in [7, 11) is 0. The molecule has 0 aromatic carbocycles. The molecule has 3 heterocycles. The average Bonchev–Trinajstić information content (AvgIpc) is 3.05. The van der Waals surface area contributed by atoms with Crippen molar-refractivity contribution in [2.45, 2.75) is 6.92 Å². The fourth-order valence-corrected chi connectivity index (χ4v) is 3.27. The lowest BCUT2D eigenvalue weighted by Gasteiger charge is -2.19. The van der Waals surface area contributed by atoms with Crippen LogP contribution in [0.4, 0.5) is 10.5 Å². The lowest BCUT2D eigenvalue weighted by Crippen LogP contribution is -2.35. The van der Waals surface area contributed by atoms with E-state index in [9.17, 15) is 14.4 Å². The monoisotopic (exact) mass is 318 g/mol. The number of pyridine rings is 1. The van der Waals surface area contributed by atoms with Crippen LogP contribution in [-0.2, 0) is 4.79 Å². The Labute approximate surface area is 133 Å². The van der Waals surface area contributed by atoms with E-state index >= 15 is 0 Å². The molecule has 2 N–H and O–H groups in total. The minimum absolute atomic E-state index is 0.157. The molecule has 2 saturated heterocycles. The van der Waals surface area contributed by atoms with Gasteiger partial charge in [0.25, 0.3) is 5.91 Å². The van der Waals surface area contributed by atoms with E-state index in [1.807, 2.05) is 0 Å². The number of likely N-dealkylation sites (tertiary alicyclic amines) is 2. The maximum Gasteiger partial charge on any atom is 0.407 e. The Morgan fingerprint density at radius 3 is 2.22 bits per heavy atom. The normalized spacial score (nSPS) is 22.8. The molecule has 122 valence electrons. The number of nitrogens with one attached hydrogen (secondary N) is 1. The zero-order valence-corrected chi connectivity index (χ0v) is 12.7. The van der Waals surface area contributed by atoms with Gasteiger partial charge in [-0.1, -0.05) is 0 Å². The molecule has 23 heavy (non-hydrogen) atoms. The van der Waals surface area contributed by atoms with Crippen molar-refractivity contribution >= 4 is 23.6 Å². The highest BCUT2D eigenvalue weighted by Crippen LogP contribution is 2.31. The zero-order valence-electron chi connectivity index (χ0n) is 12.7. The van der Waals surface area contributed by atoms with Crippen molar-refractivity contribution in [3.05, 3.63) is 24.0 Å². The Morgan fingerprint density at radius 1 is 1.13 bits per heavy atom. The molecule has 0 aliphatic carbocycles. The molecule has 2 aliphatic heterocycles. The number of hydrogen-bond acceptors (Lipinski definition) is 4. The molecular weight excluding hydrogens is 300 g/mol. The van der Waals surface area contributed by atoms with Gasteiger partial charge >= 0.3 is 6.09 Å². The molecule has 0 saturated carbocycles. The molecular formula is C15H18N4O4. The summed E-state index contributed by atoms with van der Waals surface area (Å²) < 4.78 is 0. The second kappa shape index (κ2) is 5.86. The van der Waals surface area contributed by atoms with Crippen molar-refractivity contribution in [3.8, 4) is 0 Å². The van der Waals surface area contributed by atoms with Crippen LogP contribution < -0.4 is 5.32 Å². The van der Waals surface area contributed by atoms with E-state index in [-0.39, 0.29) is 23.7 Å². The number of fused-ring (bicyclic) bond motifs is 1. The molecule has 1 aromatic heterocycles. The lowest BCUT2D eigenvalue weighted by molar-refractivity contribution is -0.114. The van der Waals surface area contributed by atoms with Crippen molar-refractivity contribution in [3.63, 3.8) is 0 Å². The first-order chi connectivity index (χ1) is 10.9. The third-order valence-corrected chi connectivity index (χ3v) is 4.35. The van der Waals surface area contributed by atoms with Crippen molar-refractivity contribution in [2.75, 3.05) is 31.5 Å². The quantitative estimate of drug-likeness (QED) is 0.836. The number of aromatic nitrogens is 1. The van der Waals surface area contributed by atoms with Crippen LogP contribution in [0, 0.1) is 11.8 Å². The van der Waals surface area contributed by atoms with Gasteiger partial charge in [-0.3, -0.25) is 9.59 Å². The maximum absolute atomic E-state index is 12.5. The van der Waals surface area contributed by atoms with Crippen LogP contribution in [0.2, 0.25) is 0 Å². The maximum atomic E-state index is 12.5. The summed E-state index contributed by atoms with van der Waals surface area (Å²) in [6.07, 6.45) is 0.560. The van der Waals surface area contributed by atoms with E-state index in [1.54, 1.807) is 17.0 Å². The van der Waals surface area contributed by atoms with Crippen LogP contribution in [0.1, 0.15) is 17.4 Å². The van der Waals surface area contributed by atoms with Gasteiger partial charge in [0.2, 0.25) is 5.91 Å². The van der Waals surface area contributed by atoms with E-state index in [1.165, 1.54) is 18.0 Å². The number of rotatable bonds is 2. The van der Waals surface area contributed by atoms with Gasteiger partial charge in [-0.15, -0.1) is 0 Å². The van der Waals surface area contributed by atoms with Crippen molar-refractivity contribution in [1.29, 1.82) is 0 Å². The fraction of sp³-hybridized carbons (Fsp3) is 0.467. The minimum atomic E-state index is -0.896. The summed E-state index contributed by atoms with van der Waals surface area (Å²) in [5, 5.41) is 11.6. The van der Waals surface area contributed by atoms with Gasteiger partial charge in [0, 0.05) is 44.9 Å². The van der Waals surface area contributed by atoms with Crippen LogP contribution in [0.5, 0.6) is 0 Å². The van der Waals surface area contributed by atoms with Gasteiger partial charge in [0.05, 0.1) is 11.9 Å². The van der Waals surface area contributed by atoms with Gasteiger partial charge in [0.1, 0.15) is 5.69 Å². The first-order valence-electron chi connectivity index (χ1n) is 7.45. The predicted octanol–water partition coefficient (Wildman–Crippen LogP) is 0.722. The van der Waals surface area contributed by atoms with Gasteiger partial charge in [-0.25, -0.2) is 9.78 Å². The average molecular weight is 318 g/mol. The largest absolute Gasteiger partial charge is 0.465 e. The fourth-order valence-electron chi connectivity index (χ4n) is 3.27. The summed E-state index contributed by atoms with van der Waals surface area (Å²) in [6.45, 7) is 3.49. The molecule has 0 spiro atoms. The standard InChI is InChI=1S/C15H18N4O4/c1-9(20)17-12-2-3-13(16-4-12)14(21)18-5-10-7-19(15(22)23)8-11(10)6-18/h2-4,10-11H,5-8H2,1H3,(H,17,20)(H,22,23). The molecule has 8 heteroatoms. The summed E-state index contributed by atoms with van der Waals surface area (Å²) in [4.78, 5) is 41.7. The predicted molar refractivity (Wildman–Crippen MR) is 81.0 cm³/mol. The highest BCUT2D eigenvalue weighted by Gasteiger charge is 2.43. The topological polar surface area (TPSA) is 103 Å². The van der Waals surface area contributed by atoms with Gasteiger partial charge in [-0.05, 0) is 12.1 Å². The van der Waals surface area contributed by atoms with Gasteiger partial charge in [0.15, 0.2) is 0 Å². The second-order valence-electron chi connectivity index (χ2n) is 6.03. The number of carbonyl (C=O) groups excluding carboxylic acids is 2. The minimum Gasteiger partial charge on any atom is -0.465 e. The van der Waals surface area contributed by atoms with E-state index in [4.69, 9.17) is 5.11 Å². The number of amides is 3. The highest BCUT2D eigenvalue weighted by atomic mass is 16.4. The van der Waals surface area contributed by atoms with Crippen LogP contribution in [0.3, 0.4) is 0 Å². The summed E-state index contributed by atoms with van der Waals surface area (Å²) >= 11 is 0. The Kier molecular flexibility index (Phi) is 3.89. The summed E-state index contributed by atoms with van der Waals surface area (Å²) in [6, 6.07) is 3.23. The van der Waals surface area contributed by atoms with Gasteiger partial charge < -0.3 is 20.2 Å². The van der Waals surface area contributed by atoms with Crippen molar-refractivity contribution in [1.82, 2.24) is 14.8 Å². The molecule has 2 fully saturated rings. The van der Waals surface area contributed by atoms with Crippen LogP contribution in [-0.4, -0.2) is 64.0 Å². The SMILES string of the molecule is CC(=O)Nc1ccc(C(=O)N2CC3CN(C(=O)O)CC3C2)nc1. The Balaban J connectivity index is 1.62. The van der Waals surface area contributed by atoms with E-state index < -0.39 is 6.09 Å². The number of hydrogen-bond donors (Lipinski definition) is 2. The van der Waals surface area contributed by atoms with Crippen LogP contribution in [0.15, 0.2) is 18.3 Å². The van der Waals surface area contributed by atoms with Crippen molar-refractivity contribution < 1.29 is 19.5 Å². The smallest absolute Gasteiger partial charge is 0.407 e. The third-order valence-electron chi connectivity index (χ3n) is 4.35. The molecule has 3 amide bonds. The van der Waals surface area contributed by atoms with Crippen LogP contribution in [0.25, 0.3) is 0 Å². The van der Waals surface area contributed by atoms with Crippen LogP contribution >= 0.6 is 0 Å². The molecule has 8 nitrogen and oxygen atoms in total. The van der Waals surface area contributed by atoms with E-state index in [0.29, 0.717) is 37.6 Å². The second-order valence-corrected chi connectivity index (χ2v) is 6.03. The number of carbonyl (C=O) groups is 3. The molecule has 2 aliphatic rings. The highest BCUT2D eigenvalue weighted by molar-refractivity contribution is 5.93. The van der Waals surface area contributed by atoms with E-state index in [2.05, 4.69) is 10.3 Å². The Bertz CT molecular complexity index is 631. The molecule has 0 bridgehead atoms. The lowest BCUT2D eigenvalue weighted by atomic mass is 10.0. The summed E-state index contributed by atoms with van der Waals surface area (Å²) in [5.74, 6) is 0.0549. The third kappa shape index (κ3) is 3.10. The number of anilines is 1. The first kappa shape index (κ1) is 15.3. The molecule has 1 aromatic rings. The Hall–Kier alpha value is -2.64. The molecule has 2 atom stereocenters. The zero-order chi connectivity index (χ0) is 16.6. The number of carboxylic acid groups (broad SMARTS) is 1. The van der Waals surface area contributed by atoms with Crippen molar-refractivity contribution in [2.24, 2.45) is 11.8 Å². The molecule has 0 radical (unpaired) electrons. The molecule has 3 rings (SSSR count).